The fourth-order valence-corrected chi connectivity index (χ4v) is 3.67. The predicted octanol–water partition coefficient (Wildman–Crippen LogP) is 2.97. The standard InChI is InChI=1S/C20H23N5O/c1-13-6-4-5-7-17(13)25-19(10-14(2)23-25)22-20(26)15-8-9-16-12-21-24(3)18(16)11-15/h4-7,10,12,15H,8-9,11H2,1-3H3,(H,22,26)/t15-/m0/s1. The van der Waals surface area contributed by atoms with Crippen molar-refractivity contribution < 1.29 is 4.79 Å². The average molecular weight is 349 g/mol. The zero-order valence-corrected chi connectivity index (χ0v) is 15.4. The molecule has 1 aliphatic carbocycles. The molecule has 6 heteroatoms. The van der Waals surface area contributed by atoms with Crippen molar-refractivity contribution in [2.24, 2.45) is 13.0 Å². The van der Waals surface area contributed by atoms with Crippen LogP contribution in [0.5, 0.6) is 0 Å². The van der Waals surface area contributed by atoms with Crippen LogP contribution in [-0.2, 0) is 24.7 Å². The molecule has 134 valence electrons. The van der Waals surface area contributed by atoms with Crippen LogP contribution >= 0.6 is 0 Å². The van der Waals surface area contributed by atoms with Crippen LogP contribution in [0.4, 0.5) is 5.82 Å². The fourth-order valence-electron chi connectivity index (χ4n) is 3.67. The minimum absolute atomic E-state index is 0.0431. The van der Waals surface area contributed by atoms with E-state index in [2.05, 4.69) is 15.5 Å². The maximum absolute atomic E-state index is 12.9. The Morgan fingerprint density at radius 2 is 2.08 bits per heavy atom. The first-order chi connectivity index (χ1) is 12.5. The van der Waals surface area contributed by atoms with E-state index in [0.717, 1.165) is 42.0 Å². The number of aryl methyl sites for hydroxylation is 4. The van der Waals surface area contributed by atoms with Crippen LogP contribution in [0, 0.1) is 19.8 Å². The summed E-state index contributed by atoms with van der Waals surface area (Å²) in [5.41, 5.74) is 5.40. The Labute approximate surface area is 152 Å². The van der Waals surface area contributed by atoms with Crippen molar-refractivity contribution in [2.75, 3.05) is 5.32 Å². The molecule has 1 amide bonds. The zero-order chi connectivity index (χ0) is 18.3. The molecular weight excluding hydrogens is 326 g/mol. The molecule has 0 spiro atoms. The van der Waals surface area contributed by atoms with Gasteiger partial charge in [-0.3, -0.25) is 9.48 Å². The number of aromatic nitrogens is 4. The number of anilines is 1. The van der Waals surface area contributed by atoms with Gasteiger partial charge >= 0.3 is 0 Å². The maximum Gasteiger partial charge on any atom is 0.229 e. The summed E-state index contributed by atoms with van der Waals surface area (Å²) < 4.78 is 3.71. The van der Waals surface area contributed by atoms with Crippen LogP contribution < -0.4 is 5.32 Å². The van der Waals surface area contributed by atoms with Gasteiger partial charge in [-0.05, 0) is 43.9 Å². The van der Waals surface area contributed by atoms with Gasteiger partial charge in [-0.1, -0.05) is 18.2 Å². The van der Waals surface area contributed by atoms with Crippen molar-refractivity contribution >= 4 is 11.7 Å². The fraction of sp³-hybridized carbons (Fsp3) is 0.350. The van der Waals surface area contributed by atoms with Gasteiger partial charge in [0.15, 0.2) is 0 Å². The number of hydrogen-bond donors (Lipinski definition) is 1. The Balaban J connectivity index is 1.58. The summed E-state index contributed by atoms with van der Waals surface area (Å²) in [5.74, 6) is 0.725. The summed E-state index contributed by atoms with van der Waals surface area (Å²) in [5, 5.41) is 12.0. The number of nitrogens with zero attached hydrogens (tertiary/aromatic N) is 4. The zero-order valence-electron chi connectivity index (χ0n) is 15.4. The summed E-state index contributed by atoms with van der Waals surface area (Å²) in [6.07, 6.45) is 4.40. The van der Waals surface area contributed by atoms with E-state index in [1.807, 2.05) is 66.8 Å². The lowest BCUT2D eigenvalue weighted by Crippen LogP contribution is -2.29. The Kier molecular flexibility index (Phi) is 4.11. The molecule has 1 atom stereocenters. The second-order valence-corrected chi connectivity index (χ2v) is 7.04. The molecule has 26 heavy (non-hydrogen) atoms. The number of amides is 1. The summed E-state index contributed by atoms with van der Waals surface area (Å²) in [6, 6.07) is 9.96. The largest absolute Gasteiger partial charge is 0.310 e. The van der Waals surface area contributed by atoms with E-state index in [9.17, 15) is 4.79 Å². The number of carbonyl (C=O) groups excluding carboxylic acids is 1. The third-order valence-corrected chi connectivity index (χ3v) is 5.15. The average Bonchev–Trinajstić information content (AvgIpc) is 3.18. The Morgan fingerprint density at radius 3 is 2.88 bits per heavy atom. The number of hydrogen-bond acceptors (Lipinski definition) is 3. The van der Waals surface area contributed by atoms with Gasteiger partial charge in [0.1, 0.15) is 5.82 Å². The summed E-state index contributed by atoms with van der Waals surface area (Å²) in [4.78, 5) is 12.9. The van der Waals surface area contributed by atoms with Gasteiger partial charge in [0.05, 0.1) is 17.6 Å². The molecular formula is C20H23N5O. The van der Waals surface area contributed by atoms with Crippen LogP contribution in [0.3, 0.4) is 0 Å². The van der Waals surface area contributed by atoms with Crippen molar-refractivity contribution in [2.45, 2.75) is 33.1 Å². The third kappa shape index (κ3) is 2.92. The molecule has 4 rings (SSSR count). The highest BCUT2D eigenvalue weighted by molar-refractivity contribution is 5.92. The van der Waals surface area contributed by atoms with Crippen LogP contribution in [0.15, 0.2) is 36.5 Å². The Morgan fingerprint density at radius 1 is 1.27 bits per heavy atom. The summed E-state index contributed by atoms with van der Waals surface area (Å²) in [7, 11) is 1.94. The first kappa shape index (κ1) is 16.6. The van der Waals surface area contributed by atoms with E-state index in [0.29, 0.717) is 0 Å². The number of carbonyl (C=O) groups is 1. The minimum atomic E-state index is -0.0431. The van der Waals surface area contributed by atoms with E-state index in [-0.39, 0.29) is 11.8 Å². The SMILES string of the molecule is Cc1cc(NC(=O)[C@H]2CCc3cnn(C)c3C2)n(-c2ccccc2C)n1. The number of nitrogens with one attached hydrogen (secondary N) is 1. The molecule has 1 N–H and O–H groups in total. The molecule has 0 fully saturated rings. The van der Waals surface area contributed by atoms with Crippen molar-refractivity contribution in [3.8, 4) is 5.69 Å². The predicted molar refractivity (Wildman–Crippen MR) is 100 cm³/mol. The molecule has 0 aliphatic heterocycles. The first-order valence-corrected chi connectivity index (χ1v) is 8.96. The van der Waals surface area contributed by atoms with E-state index < -0.39 is 0 Å². The van der Waals surface area contributed by atoms with Gasteiger partial charge in [0, 0.05) is 31.1 Å². The van der Waals surface area contributed by atoms with Gasteiger partial charge < -0.3 is 5.32 Å². The number of para-hydroxylation sites is 1. The summed E-state index contributed by atoms with van der Waals surface area (Å²) in [6.45, 7) is 3.98. The van der Waals surface area contributed by atoms with E-state index >= 15 is 0 Å². The Bertz CT molecular complexity index is 968. The van der Waals surface area contributed by atoms with Crippen molar-refractivity contribution in [3.05, 3.63) is 59.0 Å². The highest BCUT2D eigenvalue weighted by Gasteiger charge is 2.27. The lowest BCUT2D eigenvalue weighted by atomic mass is 9.87. The van der Waals surface area contributed by atoms with Crippen LogP contribution in [0.1, 0.15) is 28.9 Å². The normalized spacial score (nSPS) is 16.3. The van der Waals surface area contributed by atoms with E-state index in [1.54, 1.807) is 0 Å². The molecule has 0 saturated heterocycles. The molecule has 0 unspecified atom stereocenters. The third-order valence-electron chi connectivity index (χ3n) is 5.15. The lowest BCUT2D eigenvalue weighted by molar-refractivity contribution is -0.120. The number of fused-ring (bicyclic) bond motifs is 1. The smallest absolute Gasteiger partial charge is 0.229 e. The van der Waals surface area contributed by atoms with Gasteiger partial charge in [-0.2, -0.15) is 10.2 Å². The molecule has 3 aromatic rings. The molecule has 2 heterocycles. The monoisotopic (exact) mass is 349 g/mol. The first-order valence-electron chi connectivity index (χ1n) is 8.96. The topological polar surface area (TPSA) is 64.7 Å². The quantitative estimate of drug-likeness (QED) is 0.791. The van der Waals surface area contributed by atoms with Gasteiger partial charge in [0.25, 0.3) is 0 Å². The van der Waals surface area contributed by atoms with Crippen LogP contribution in [-0.4, -0.2) is 25.5 Å². The minimum Gasteiger partial charge on any atom is -0.310 e. The van der Waals surface area contributed by atoms with E-state index in [4.69, 9.17) is 0 Å². The molecule has 6 nitrogen and oxygen atoms in total. The van der Waals surface area contributed by atoms with E-state index in [1.165, 1.54) is 11.3 Å². The molecule has 1 aliphatic rings. The van der Waals surface area contributed by atoms with Crippen LogP contribution in [0.2, 0.25) is 0 Å². The number of rotatable bonds is 3. The Hall–Kier alpha value is -2.89. The van der Waals surface area contributed by atoms with Crippen LogP contribution in [0.25, 0.3) is 5.69 Å². The molecule has 2 aromatic heterocycles. The highest BCUT2D eigenvalue weighted by atomic mass is 16.2. The molecule has 0 bridgehead atoms. The van der Waals surface area contributed by atoms with Gasteiger partial charge in [0.2, 0.25) is 5.91 Å². The van der Waals surface area contributed by atoms with Gasteiger partial charge in [-0.25, -0.2) is 4.68 Å². The molecule has 0 saturated carbocycles. The second-order valence-electron chi connectivity index (χ2n) is 7.04. The second kappa shape index (κ2) is 6.44. The number of benzene rings is 1. The molecule has 1 aromatic carbocycles. The van der Waals surface area contributed by atoms with Crippen molar-refractivity contribution in [3.63, 3.8) is 0 Å². The van der Waals surface area contributed by atoms with Gasteiger partial charge in [-0.15, -0.1) is 0 Å². The van der Waals surface area contributed by atoms with Crippen molar-refractivity contribution in [1.29, 1.82) is 0 Å². The highest BCUT2D eigenvalue weighted by Crippen LogP contribution is 2.27. The molecule has 0 radical (unpaired) electrons. The van der Waals surface area contributed by atoms with Crippen molar-refractivity contribution in [1.82, 2.24) is 19.6 Å². The summed E-state index contributed by atoms with van der Waals surface area (Å²) >= 11 is 0. The maximum atomic E-state index is 12.9. The lowest BCUT2D eigenvalue weighted by Gasteiger charge is -2.22.